The van der Waals surface area contributed by atoms with E-state index in [1.54, 1.807) is 22.9 Å². The quantitative estimate of drug-likeness (QED) is 0.529. The van der Waals surface area contributed by atoms with Gasteiger partial charge in [0.25, 0.3) is 0 Å². The topological polar surface area (TPSA) is 22.0 Å². The Kier molecular flexibility index (Phi) is 2.75. The molecule has 0 atom stereocenters. The van der Waals surface area contributed by atoms with Gasteiger partial charge in [0, 0.05) is 18.4 Å². The number of nitrogens with zero attached hydrogens (tertiary/aromatic N) is 1. The van der Waals surface area contributed by atoms with Gasteiger partial charge in [0.2, 0.25) is 5.56 Å². The molecule has 0 aliphatic carbocycles. The highest BCUT2D eigenvalue weighted by atomic mass is 35.6. The Labute approximate surface area is 77.5 Å². The first kappa shape index (κ1) is 9.54. The molecule has 12 heavy (non-hydrogen) atoms. The minimum absolute atomic E-state index is 0.0266. The molecule has 2 nitrogen and oxygen atoms in total. The van der Waals surface area contributed by atoms with E-state index >= 15 is 0 Å². The standard InChI is InChI=1S/C8H12ClNOSi/c1-12(2,9)7-10-6-4-3-5-8(10)11/h3-6H,7H2,1-2H3. The number of hydrogen-bond donors (Lipinski definition) is 0. The smallest absolute Gasteiger partial charge is 0.250 e. The van der Waals surface area contributed by atoms with Crippen LogP contribution in [0.4, 0.5) is 0 Å². The molecule has 0 bridgehead atoms. The van der Waals surface area contributed by atoms with Crippen molar-refractivity contribution < 1.29 is 0 Å². The minimum atomic E-state index is -1.69. The Bertz CT molecular complexity index is 315. The Morgan fingerprint density at radius 1 is 1.50 bits per heavy atom. The molecule has 0 saturated carbocycles. The molecule has 0 aromatic carbocycles. The molecule has 0 amide bonds. The molecule has 0 aliphatic rings. The molecule has 0 radical (unpaired) electrons. The van der Waals surface area contributed by atoms with Crippen molar-refractivity contribution in [1.82, 2.24) is 4.57 Å². The zero-order valence-corrected chi connectivity index (χ0v) is 9.01. The second kappa shape index (κ2) is 3.45. The van der Waals surface area contributed by atoms with E-state index < -0.39 is 7.38 Å². The molecular weight excluding hydrogens is 190 g/mol. The van der Waals surface area contributed by atoms with Crippen LogP contribution in [0.3, 0.4) is 0 Å². The first-order chi connectivity index (χ1) is 5.49. The minimum Gasteiger partial charge on any atom is -0.317 e. The highest BCUT2D eigenvalue weighted by Crippen LogP contribution is 2.08. The maximum absolute atomic E-state index is 11.2. The molecule has 4 heteroatoms. The Hall–Kier alpha value is -0.543. The third-order valence-electron chi connectivity index (χ3n) is 1.45. The van der Waals surface area contributed by atoms with E-state index in [1.165, 1.54) is 0 Å². The van der Waals surface area contributed by atoms with Gasteiger partial charge in [0.1, 0.15) is 0 Å². The predicted molar refractivity (Wildman–Crippen MR) is 54.0 cm³/mol. The summed E-state index contributed by atoms with van der Waals surface area (Å²) in [6.07, 6.45) is 2.45. The Balaban J connectivity index is 2.91. The van der Waals surface area contributed by atoms with Gasteiger partial charge in [-0.15, -0.1) is 0 Å². The summed E-state index contributed by atoms with van der Waals surface area (Å²) in [5.74, 6) is 0. The van der Waals surface area contributed by atoms with Crippen LogP contribution in [-0.2, 0) is 6.17 Å². The van der Waals surface area contributed by atoms with Gasteiger partial charge in [-0.25, -0.2) is 0 Å². The third-order valence-corrected chi connectivity index (χ3v) is 2.90. The summed E-state index contributed by atoms with van der Waals surface area (Å²) in [7, 11) is -1.69. The normalized spacial score (nSPS) is 11.6. The largest absolute Gasteiger partial charge is 0.317 e. The molecule has 0 spiro atoms. The van der Waals surface area contributed by atoms with Gasteiger partial charge < -0.3 is 4.57 Å². The average molecular weight is 202 g/mol. The molecule has 1 heterocycles. The van der Waals surface area contributed by atoms with Crippen LogP contribution < -0.4 is 5.56 Å². The van der Waals surface area contributed by atoms with E-state index in [2.05, 4.69) is 0 Å². The lowest BCUT2D eigenvalue weighted by Crippen LogP contribution is -2.31. The van der Waals surface area contributed by atoms with E-state index in [0.717, 1.165) is 0 Å². The molecule has 1 aromatic rings. The van der Waals surface area contributed by atoms with Crippen molar-refractivity contribution in [2.75, 3.05) is 0 Å². The lowest BCUT2D eigenvalue weighted by molar-refractivity contribution is 0.813. The molecule has 0 aliphatic heterocycles. The van der Waals surface area contributed by atoms with Crippen molar-refractivity contribution in [2.45, 2.75) is 19.3 Å². The van der Waals surface area contributed by atoms with Crippen LogP contribution in [-0.4, -0.2) is 12.0 Å². The van der Waals surface area contributed by atoms with E-state index in [-0.39, 0.29) is 5.56 Å². The zero-order valence-electron chi connectivity index (χ0n) is 7.25. The molecule has 0 fully saturated rings. The van der Waals surface area contributed by atoms with Gasteiger partial charge >= 0.3 is 0 Å². The number of rotatable bonds is 2. The van der Waals surface area contributed by atoms with Crippen LogP contribution >= 0.6 is 11.1 Å². The van der Waals surface area contributed by atoms with Gasteiger partial charge in [-0.2, -0.15) is 11.1 Å². The van der Waals surface area contributed by atoms with Crippen LogP contribution in [0.5, 0.6) is 0 Å². The molecule has 1 aromatic heterocycles. The number of pyridine rings is 1. The molecule has 66 valence electrons. The molecule has 1 rings (SSSR count). The summed E-state index contributed by atoms with van der Waals surface area (Å²) in [6, 6.07) is 5.14. The van der Waals surface area contributed by atoms with Crippen molar-refractivity contribution in [3.8, 4) is 0 Å². The highest BCUT2D eigenvalue weighted by Gasteiger charge is 2.17. The van der Waals surface area contributed by atoms with E-state index in [1.807, 2.05) is 19.2 Å². The van der Waals surface area contributed by atoms with E-state index in [0.29, 0.717) is 6.17 Å². The fourth-order valence-corrected chi connectivity index (χ4v) is 2.45. The van der Waals surface area contributed by atoms with Gasteiger partial charge in [-0.3, -0.25) is 4.79 Å². The van der Waals surface area contributed by atoms with Gasteiger partial charge in [-0.05, 0) is 6.07 Å². The van der Waals surface area contributed by atoms with E-state index in [4.69, 9.17) is 11.1 Å². The van der Waals surface area contributed by atoms with Crippen LogP contribution in [0.2, 0.25) is 13.1 Å². The van der Waals surface area contributed by atoms with Crippen LogP contribution in [0.1, 0.15) is 0 Å². The van der Waals surface area contributed by atoms with Gasteiger partial charge in [0.15, 0.2) is 7.38 Å². The number of hydrogen-bond acceptors (Lipinski definition) is 1. The highest BCUT2D eigenvalue weighted by molar-refractivity contribution is 7.18. The number of halogens is 1. The first-order valence-electron chi connectivity index (χ1n) is 3.83. The summed E-state index contributed by atoms with van der Waals surface area (Å²) >= 11 is 6.12. The van der Waals surface area contributed by atoms with Crippen LogP contribution in [0.15, 0.2) is 29.2 Å². The fourth-order valence-electron chi connectivity index (χ4n) is 0.996. The third kappa shape index (κ3) is 2.83. The monoisotopic (exact) mass is 201 g/mol. The average Bonchev–Trinajstić information content (AvgIpc) is 1.91. The van der Waals surface area contributed by atoms with Crippen LogP contribution in [0.25, 0.3) is 0 Å². The Morgan fingerprint density at radius 2 is 2.17 bits per heavy atom. The van der Waals surface area contributed by atoms with Gasteiger partial charge in [0.05, 0.1) is 0 Å². The second-order valence-corrected chi connectivity index (χ2v) is 10.2. The van der Waals surface area contributed by atoms with E-state index in [9.17, 15) is 4.79 Å². The van der Waals surface area contributed by atoms with Crippen molar-refractivity contribution in [1.29, 1.82) is 0 Å². The summed E-state index contributed by atoms with van der Waals surface area (Å²) in [6.45, 7) is 4.04. The maximum Gasteiger partial charge on any atom is 0.250 e. The lowest BCUT2D eigenvalue weighted by Gasteiger charge is -2.13. The van der Waals surface area contributed by atoms with Crippen LogP contribution in [0, 0.1) is 0 Å². The zero-order chi connectivity index (χ0) is 9.19. The molecule has 0 unspecified atom stereocenters. The predicted octanol–water partition coefficient (Wildman–Crippen LogP) is 1.83. The first-order valence-corrected chi connectivity index (χ1v) is 8.05. The lowest BCUT2D eigenvalue weighted by atomic mass is 10.5. The van der Waals surface area contributed by atoms with Crippen molar-refractivity contribution in [3.05, 3.63) is 34.7 Å². The maximum atomic E-state index is 11.2. The SMILES string of the molecule is C[Si](C)(Cl)Cn1ccccc1=O. The fraction of sp³-hybridized carbons (Fsp3) is 0.375. The summed E-state index contributed by atoms with van der Waals surface area (Å²) < 4.78 is 1.67. The summed E-state index contributed by atoms with van der Waals surface area (Å²) in [5, 5.41) is 0. The second-order valence-electron chi connectivity index (χ2n) is 3.39. The van der Waals surface area contributed by atoms with Crippen molar-refractivity contribution >= 4 is 18.5 Å². The summed E-state index contributed by atoms with van der Waals surface area (Å²) in [5.41, 5.74) is 0.0266. The number of aromatic nitrogens is 1. The van der Waals surface area contributed by atoms with Gasteiger partial charge in [-0.1, -0.05) is 19.2 Å². The Morgan fingerprint density at radius 3 is 2.67 bits per heavy atom. The molecule has 0 N–H and O–H groups in total. The summed E-state index contributed by atoms with van der Waals surface area (Å²) in [4.78, 5) is 11.2. The van der Waals surface area contributed by atoms with Crippen molar-refractivity contribution in [3.63, 3.8) is 0 Å². The molecular formula is C8H12ClNOSi. The molecule has 0 saturated heterocycles. The van der Waals surface area contributed by atoms with Crippen molar-refractivity contribution in [2.24, 2.45) is 0 Å².